The predicted molar refractivity (Wildman–Crippen MR) is 57.6 cm³/mol. The number of esters is 1. The Morgan fingerprint density at radius 3 is 2.36 bits per heavy atom. The van der Waals surface area contributed by atoms with E-state index in [-0.39, 0.29) is 5.92 Å². The van der Waals surface area contributed by atoms with Crippen LogP contribution in [0.15, 0.2) is 12.2 Å². The van der Waals surface area contributed by atoms with E-state index in [9.17, 15) is 4.79 Å². The Morgan fingerprint density at radius 2 is 2.07 bits per heavy atom. The first kappa shape index (κ1) is 13.2. The highest BCUT2D eigenvalue weighted by Crippen LogP contribution is 2.23. The van der Waals surface area contributed by atoms with Crippen molar-refractivity contribution >= 4 is 5.97 Å². The molecule has 0 spiro atoms. The summed E-state index contributed by atoms with van der Waals surface area (Å²) in [5.41, 5.74) is 5.54. The van der Waals surface area contributed by atoms with Crippen molar-refractivity contribution in [3.8, 4) is 0 Å². The van der Waals surface area contributed by atoms with E-state index in [0.29, 0.717) is 12.0 Å². The van der Waals surface area contributed by atoms with Crippen LogP contribution in [0.5, 0.6) is 0 Å². The van der Waals surface area contributed by atoms with Gasteiger partial charge in [0.1, 0.15) is 0 Å². The lowest BCUT2D eigenvalue weighted by atomic mass is 9.93. The molecule has 0 heterocycles. The molecule has 0 aromatic heterocycles. The molecule has 0 radical (unpaired) electrons. The molecular weight excluding hydrogens is 178 g/mol. The van der Waals surface area contributed by atoms with Crippen LogP contribution in [0.25, 0.3) is 0 Å². The number of ether oxygens (including phenoxy) is 1. The zero-order valence-corrected chi connectivity index (χ0v) is 9.59. The van der Waals surface area contributed by atoms with E-state index < -0.39 is 11.7 Å². The van der Waals surface area contributed by atoms with Crippen molar-refractivity contribution < 1.29 is 9.53 Å². The Labute approximate surface area is 86.3 Å². The average Bonchev–Trinajstić information content (AvgIpc) is 2.15. The highest BCUT2D eigenvalue weighted by Gasteiger charge is 2.33. The molecule has 0 fully saturated rings. The monoisotopic (exact) mass is 199 g/mol. The molecule has 0 saturated carbocycles. The Balaban J connectivity index is 4.55. The molecule has 0 amide bonds. The Bertz CT molecular complexity index is 225. The van der Waals surface area contributed by atoms with Crippen LogP contribution in [0.1, 0.15) is 40.5 Å². The minimum Gasteiger partial charge on any atom is -0.441 e. The molecule has 14 heavy (non-hydrogen) atoms. The van der Waals surface area contributed by atoms with Gasteiger partial charge in [0.15, 0.2) is 5.72 Å². The summed E-state index contributed by atoms with van der Waals surface area (Å²) >= 11 is 0. The normalized spacial score (nSPS) is 16.9. The van der Waals surface area contributed by atoms with E-state index in [1.807, 2.05) is 20.8 Å². The summed E-state index contributed by atoms with van der Waals surface area (Å²) in [7, 11) is 0. The molecule has 0 saturated heterocycles. The summed E-state index contributed by atoms with van der Waals surface area (Å²) in [5, 5.41) is 0. The molecule has 0 aliphatic rings. The fraction of sp³-hybridized carbons (Fsp3) is 0.727. The maximum atomic E-state index is 11.3. The first-order valence-corrected chi connectivity index (χ1v) is 5.05. The minimum atomic E-state index is -0.856. The summed E-state index contributed by atoms with van der Waals surface area (Å²) in [6.45, 7) is 11.1. The lowest BCUT2D eigenvalue weighted by molar-refractivity contribution is -0.160. The van der Waals surface area contributed by atoms with Crippen molar-refractivity contribution in [2.45, 2.75) is 46.3 Å². The van der Waals surface area contributed by atoms with Gasteiger partial charge in [0.2, 0.25) is 0 Å². The van der Waals surface area contributed by atoms with Gasteiger partial charge in [-0.2, -0.15) is 0 Å². The van der Waals surface area contributed by atoms with Crippen LogP contribution in [0.2, 0.25) is 0 Å². The molecular formula is C11H21NO2. The first-order valence-electron chi connectivity index (χ1n) is 5.05. The van der Waals surface area contributed by atoms with Crippen LogP contribution in [-0.4, -0.2) is 11.7 Å². The highest BCUT2D eigenvalue weighted by molar-refractivity contribution is 5.87. The van der Waals surface area contributed by atoms with Crippen LogP contribution in [0, 0.1) is 5.92 Å². The van der Waals surface area contributed by atoms with Crippen molar-refractivity contribution in [3.05, 3.63) is 12.2 Å². The van der Waals surface area contributed by atoms with Gasteiger partial charge in [-0.25, -0.2) is 4.79 Å². The van der Waals surface area contributed by atoms with Gasteiger partial charge < -0.3 is 4.74 Å². The van der Waals surface area contributed by atoms with Gasteiger partial charge in [0.25, 0.3) is 0 Å². The second kappa shape index (κ2) is 5.15. The van der Waals surface area contributed by atoms with Gasteiger partial charge in [-0.15, -0.1) is 0 Å². The summed E-state index contributed by atoms with van der Waals surface area (Å²) in [5.74, 6) is -0.259. The van der Waals surface area contributed by atoms with Gasteiger partial charge in [0, 0.05) is 11.5 Å². The van der Waals surface area contributed by atoms with E-state index in [1.165, 1.54) is 0 Å². The SMILES string of the molecule is C=C(C)C(=O)OC(N)(CC)C(C)CC. The molecule has 2 N–H and O–H groups in total. The Hall–Kier alpha value is -0.830. The molecule has 2 unspecified atom stereocenters. The zero-order valence-electron chi connectivity index (χ0n) is 9.59. The Kier molecular flexibility index (Phi) is 4.85. The quantitative estimate of drug-likeness (QED) is 0.419. The first-order chi connectivity index (χ1) is 6.37. The molecule has 3 nitrogen and oxygen atoms in total. The molecule has 0 aliphatic heterocycles. The van der Waals surface area contributed by atoms with E-state index in [1.54, 1.807) is 6.92 Å². The van der Waals surface area contributed by atoms with E-state index in [4.69, 9.17) is 10.5 Å². The third-order valence-corrected chi connectivity index (χ3v) is 2.63. The van der Waals surface area contributed by atoms with Crippen molar-refractivity contribution in [1.29, 1.82) is 0 Å². The lowest BCUT2D eigenvalue weighted by Crippen LogP contribution is -2.49. The van der Waals surface area contributed by atoms with Gasteiger partial charge in [-0.3, -0.25) is 5.73 Å². The van der Waals surface area contributed by atoms with Crippen molar-refractivity contribution in [1.82, 2.24) is 0 Å². The molecule has 2 atom stereocenters. The molecule has 0 aliphatic carbocycles. The smallest absolute Gasteiger partial charge is 0.334 e. The number of hydrogen-bond acceptors (Lipinski definition) is 3. The minimum absolute atomic E-state index is 0.149. The third kappa shape index (κ3) is 3.14. The summed E-state index contributed by atoms with van der Waals surface area (Å²) in [4.78, 5) is 11.3. The zero-order chi connectivity index (χ0) is 11.4. The largest absolute Gasteiger partial charge is 0.441 e. The van der Waals surface area contributed by atoms with Crippen molar-refractivity contribution in [2.75, 3.05) is 0 Å². The highest BCUT2D eigenvalue weighted by atomic mass is 16.6. The molecule has 0 aromatic rings. The fourth-order valence-electron chi connectivity index (χ4n) is 1.13. The second-order valence-corrected chi connectivity index (χ2v) is 3.79. The number of carbonyl (C=O) groups is 1. The van der Waals surface area contributed by atoms with Gasteiger partial charge in [0.05, 0.1) is 0 Å². The maximum Gasteiger partial charge on any atom is 0.334 e. The summed E-state index contributed by atoms with van der Waals surface area (Å²) in [6.07, 6.45) is 1.49. The average molecular weight is 199 g/mol. The number of rotatable bonds is 5. The van der Waals surface area contributed by atoms with Gasteiger partial charge in [-0.1, -0.05) is 27.4 Å². The number of hydrogen-bond donors (Lipinski definition) is 1. The standard InChI is InChI=1S/C11H21NO2/c1-6-9(5)11(12,7-2)14-10(13)8(3)4/h9H,3,6-7,12H2,1-2,4-5H3. The molecule has 82 valence electrons. The van der Waals surface area contributed by atoms with Gasteiger partial charge in [-0.05, 0) is 19.8 Å². The molecule has 0 aromatic carbocycles. The Morgan fingerprint density at radius 1 is 1.57 bits per heavy atom. The molecule has 0 bridgehead atoms. The second-order valence-electron chi connectivity index (χ2n) is 3.79. The van der Waals surface area contributed by atoms with Crippen LogP contribution >= 0.6 is 0 Å². The molecule has 0 rings (SSSR count). The summed E-state index contributed by atoms with van der Waals surface area (Å²) < 4.78 is 5.24. The fourth-order valence-corrected chi connectivity index (χ4v) is 1.13. The maximum absolute atomic E-state index is 11.3. The number of carbonyl (C=O) groups excluding carboxylic acids is 1. The van der Waals surface area contributed by atoms with E-state index in [0.717, 1.165) is 6.42 Å². The number of nitrogens with two attached hydrogens (primary N) is 1. The van der Waals surface area contributed by atoms with Crippen molar-refractivity contribution in [2.24, 2.45) is 11.7 Å². The van der Waals surface area contributed by atoms with E-state index >= 15 is 0 Å². The predicted octanol–water partition coefficient (Wildman–Crippen LogP) is 2.22. The van der Waals surface area contributed by atoms with Crippen LogP contribution in [-0.2, 0) is 9.53 Å². The van der Waals surface area contributed by atoms with Crippen LogP contribution in [0.4, 0.5) is 0 Å². The van der Waals surface area contributed by atoms with Crippen molar-refractivity contribution in [3.63, 3.8) is 0 Å². The third-order valence-electron chi connectivity index (χ3n) is 2.63. The van der Waals surface area contributed by atoms with Crippen LogP contribution in [0.3, 0.4) is 0 Å². The topological polar surface area (TPSA) is 52.3 Å². The van der Waals surface area contributed by atoms with E-state index in [2.05, 4.69) is 6.58 Å². The van der Waals surface area contributed by atoms with Crippen LogP contribution < -0.4 is 5.73 Å². The molecule has 3 heteroatoms. The van der Waals surface area contributed by atoms with Gasteiger partial charge >= 0.3 is 5.97 Å². The lowest BCUT2D eigenvalue weighted by Gasteiger charge is -2.33. The summed E-state index contributed by atoms with van der Waals surface area (Å²) in [6, 6.07) is 0.